The first-order chi connectivity index (χ1) is 15.4. The Balaban J connectivity index is 1.43. The van der Waals surface area contributed by atoms with Gasteiger partial charge in [0, 0.05) is 29.5 Å². The van der Waals surface area contributed by atoms with Crippen molar-refractivity contribution in [2.45, 2.75) is 11.4 Å². The van der Waals surface area contributed by atoms with Crippen LogP contribution in [0.3, 0.4) is 0 Å². The number of hydrogen-bond acceptors (Lipinski definition) is 5. The molecule has 8 nitrogen and oxygen atoms in total. The van der Waals surface area contributed by atoms with Crippen molar-refractivity contribution in [3.63, 3.8) is 0 Å². The lowest BCUT2D eigenvalue weighted by Crippen LogP contribution is -2.32. The van der Waals surface area contributed by atoms with Gasteiger partial charge in [0.1, 0.15) is 18.6 Å². The number of rotatable bonds is 3. The SMILES string of the molecule is CS(=O)(=O)c1ccc(C(=O)N2CCOc3ccc(-c4cnc5[nH+]c[nH]c5c4)cc3C2)cc1. The van der Waals surface area contributed by atoms with Gasteiger partial charge in [0.15, 0.2) is 21.7 Å². The maximum atomic E-state index is 13.1. The Labute approximate surface area is 184 Å². The molecule has 2 aromatic heterocycles. The number of fused-ring (bicyclic) bond motifs is 2. The number of nitrogens with zero attached hydrogens (tertiary/aromatic N) is 2. The van der Waals surface area contributed by atoms with Crippen LogP contribution < -0.4 is 9.72 Å². The number of nitrogens with one attached hydrogen (secondary N) is 2. The van der Waals surface area contributed by atoms with Crippen molar-refractivity contribution >= 4 is 26.9 Å². The van der Waals surface area contributed by atoms with Crippen LogP contribution in [0, 0.1) is 0 Å². The molecule has 2 N–H and O–H groups in total. The molecule has 4 aromatic rings. The van der Waals surface area contributed by atoms with Gasteiger partial charge in [-0.2, -0.15) is 0 Å². The van der Waals surface area contributed by atoms with Gasteiger partial charge in [0.2, 0.25) is 0 Å². The van der Waals surface area contributed by atoms with Crippen LogP contribution in [0.25, 0.3) is 22.3 Å². The molecule has 162 valence electrons. The first kappa shape index (κ1) is 20.2. The van der Waals surface area contributed by atoms with Crippen molar-refractivity contribution < 1.29 is 22.9 Å². The van der Waals surface area contributed by atoms with Crippen LogP contribution in [-0.4, -0.2) is 48.6 Å². The predicted octanol–water partition coefficient (Wildman–Crippen LogP) is 2.48. The van der Waals surface area contributed by atoms with E-state index in [0.717, 1.165) is 39.9 Å². The van der Waals surface area contributed by atoms with E-state index in [-0.39, 0.29) is 10.8 Å². The van der Waals surface area contributed by atoms with E-state index in [9.17, 15) is 13.2 Å². The first-order valence-corrected chi connectivity index (χ1v) is 12.0. The quantitative estimate of drug-likeness (QED) is 0.517. The van der Waals surface area contributed by atoms with Crippen molar-refractivity contribution in [2.24, 2.45) is 0 Å². The molecule has 32 heavy (non-hydrogen) atoms. The number of aromatic nitrogens is 3. The Morgan fingerprint density at radius 2 is 1.94 bits per heavy atom. The fraction of sp³-hybridized carbons (Fsp3) is 0.174. The second-order valence-electron chi connectivity index (χ2n) is 7.75. The highest BCUT2D eigenvalue weighted by atomic mass is 32.2. The van der Waals surface area contributed by atoms with Crippen molar-refractivity contribution in [3.8, 4) is 16.9 Å². The van der Waals surface area contributed by atoms with Crippen molar-refractivity contribution in [2.75, 3.05) is 19.4 Å². The summed E-state index contributed by atoms with van der Waals surface area (Å²) < 4.78 is 29.2. The maximum absolute atomic E-state index is 13.1. The van der Waals surface area contributed by atoms with E-state index in [0.29, 0.717) is 25.3 Å². The summed E-state index contributed by atoms with van der Waals surface area (Å²) in [7, 11) is -3.31. The summed E-state index contributed by atoms with van der Waals surface area (Å²) in [5.41, 5.74) is 4.96. The third-order valence-electron chi connectivity index (χ3n) is 5.51. The van der Waals surface area contributed by atoms with E-state index in [1.165, 1.54) is 12.1 Å². The number of pyridine rings is 1. The zero-order chi connectivity index (χ0) is 22.3. The van der Waals surface area contributed by atoms with E-state index in [1.54, 1.807) is 29.6 Å². The molecule has 1 amide bonds. The largest absolute Gasteiger partial charge is 0.491 e. The van der Waals surface area contributed by atoms with Gasteiger partial charge < -0.3 is 9.64 Å². The van der Waals surface area contributed by atoms with E-state index in [2.05, 4.69) is 15.0 Å². The van der Waals surface area contributed by atoms with Gasteiger partial charge in [0.25, 0.3) is 11.6 Å². The Kier molecular flexibility index (Phi) is 4.90. The zero-order valence-corrected chi connectivity index (χ0v) is 18.1. The van der Waals surface area contributed by atoms with E-state index < -0.39 is 9.84 Å². The molecule has 0 aliphatic carbocycles. The highest BCUT2D eigenvalue weighted by Gasteiger charge is 2.22. The lowest BCUT2D eigenvalue weighted by molar-refractivity contribution is -0.347. The average molecular weight is 450 g/mol. The van der Waals surface area contributed by atoms with Gasteiger partial charge in [-0.25, -0.2) is 13.4 Å². The molecular weight excluding hydrogens is 428 g/mol. The highest BCUT2D eigenvalue weighted by molar-refractivity contribution is 7.90. The van der Waals surface area contributed by atoms with Crippen LogP contribution in [0.5, 0.6) is 5.75 Å². The molecule has 3 heterocycles. The van der Waals surface area contributed by atoms with Crippen LogP contribution in [-0.2, 0) is 16.4 Å². The molecule has 0 atom stereocenters. The number of aromatic amines is 2. The number of sulfone groups is 1. The molecule has 0 saturated heterocycles. The summed E-state index contributed by atoms with van der Waals surface area (Å²) >= 11 is 0. The van der Waals surface area contributed by atoms with Gasteiger partial charge in [-0.1, -0.05) is 6.07 Å². The van der Waals surface area contributed by atoms with Gasteiger partial charge in [-0.3, -0.25) is 9.78 Å². The highest BCUT2D eigenvalue weighted by Crippen LogP contribution is 2.30. The van der Waals surface area contributed by atoms with Crippen molar-refractivity contribution in [1.29, 1.82) is 0 Å². The van der Waals surface area contributed by atoms with Gasteiger partial charge in [-0.05, 0) is 48.0 Å². The fourth-order valence-electron chi connectivity index (χ4n) is 3.80. The first-order valence-electron chi connectivity index (χ1n) is 10.1. The molecule has 0 unspecified atom stereocenters. The minimum atomic E-state index is -3.31. The second-order valence-corrected chi connectivity index (χ2v) is 9.76. The summed E-state index contributed by atoms with van der Waals surface area (Å²) in [5, 5.41) is 0. The third-order valence-corrected chi connectivity index (χ3v) is 6.64. The predicted molar refractivity (Wildman–Crippen MR) is 118 cm³/mol. The molecule has 0 fully saturated rings. The van der Waals surface area contributed by atoms with E-state index >= 15 is 0 Å². The number of hydrogen-bond donors (Lipinski definition) is 1. The van der Waals surface area contributed by atoms with Gasteiger partial charge in [0.05, 0.1) is 11.4 Å². The van der Waals surface area contributed by atoms with E-state index in [1.807, 2.05) is 24.3 Å². The molecule has 5 rings (SSSR count). The number of ether oxygens (including phenoxy) is 1. The summed E-state index contributed by atoms with van der Waals surface area (Å²) in [6.45, 7) is 1.20. The van der Waals surface area contributed by atoms with Gasteiger partial charge in [-0.15, -0.1) is 4.98 Å². The minimum absolute atomic E-state index is 0.170. The number of carbonyl (C=O) groups is 1. The van der Waals surface area contributed by atoms with Gasteiger partial charge >= 0.3 is 0 Å². The van der Waals surface area contributed by atoms with Crippen molar-refractivity contribution in [1.82, 2.24) is 14.9 Å². The third kappa shape index (κ3) is 3.82. The smallest absolute Gasteiger partial charge is 0.299 e. The Morgan fingerprint density at radius 1 is 1.12 bits per heavy atom. The monoisotopic (exact) mass is 449 g/mol. The molecule has 1 aliphatic heterocycles. The number of imidazole rings is 1. The Bertz CT molecular complexity index is 1430. The van der Waals surface area contributed by atoms with Crippen LogP contribution >= 0.6 is 0 Å². The summed E-state index contributed by atoms with van der Waals surface area (Å²) in [6, 6.07) is 14.0. The molecular formula is C23H21N4O4S+. The molecule has 1 aliphatic rings. The minimum Gasteiger partial charge on any atom is -0.491 e. The number of carbonyl (C=O) groups excluding carboxylic acids is 1. The van der Waals surface area contributed by atoms with E-state index in [4.69, 9.17) is 4.74 Å². The van der Waals surface area contributed by atoms with Crippen molar-refractivity contribution in [3.05, 3.63) is 72.2 Å². The zero-order valence-electron chi connectivity index (χ0n) is 17.3. The Hall–Kier alpha value is -3.72. The molecule has 0 spiro atoms. The van der Waals surface area contributed by atoms with Crippen LogP contribution in [0.4, 0.5) is 0 Å². The van der Waals surface area contributed by atoms with Crippen LogP contribution in [0.15, 0.2) is 66.0 Å². The topological polar surface area (TPSA) is 106 Å². The van der Waals surface area contributed by atoms with Crippen LogP contribution in [0.1, 0.15) is 15.9 Å². The maximum Gasteiger partial charge on any atom is 0.299 e. The standard InChI is InChI=1S/C23H20N4O4S/c1-32(29,30)19-5-2-15(3-6-19)23(28)27-8-9-31-21-7-4-16(10-18(21)13-27)17-11-20-22(24-12-17)26-14-25-20/h2-7,10-12,14H,8-9,13H2,1H3,(H,24,25,26)/p+1. The molecule has 0 radical (unpaired) electrons. The normalized spacial score (nSPS) is 14.0. The molecule has 0 saturated carbocycles. The summed E-state index contributed by atoms with van der Waals surface area (Å²) in [6.07, 6.45) is 4.68. The molecule has 0 bridgehead atoms. The molecule has 2 aromatic carbocycles. The lowest BCUT2D eigenvalue weighted by atomic mass is 10.0. The van der Waals surface area contributed by atoms with Crippen LogP contribution in [0.2, 0.25) is 0 Å². The Morgan fingerprint density at radius 3 is 2.72 bits per heavy atom. The summed E-state index contributed by atoms with van der Waals surface area (Å²) in [4.78, 5) is 25.6. The number of H-pyrrole nitrogens is 2. The lowest BCUT2D eigenvalue weighted by Gasteiger charge is -2.20. The number of amides is 1. The number of benzene rings is 2. The fourth-order valence-corrected chi connectivity index (χ4v) is 4.43. The summed E-state index contributed by atoms with van der Waals surface area (Å²) in [5.74, 6) is 0.579. The second kappa shape index (κ2) is 7.76. The average Bonchev–Trinajstić information content (AvgIpc) is 3.15. The molecule has 9 heteroatoms.